The van der Waals surface area contributed by atoms with Crippen LogP contribution in [-0.2, 0) is 7.05 Å². The van der Waals surface area contributed by atoms with Crippen molar-refractivity contribution in [2.75, 3.05) is 0 Å². The molecule has 1 aromatic heterocycles. The van der Waals surface area contributed by atoms with Crippen LogP contribution in [-0.4, -0.2) is 16.4 Å². The van der Waals surface area contributed by atoms with Crippen molar-refractivity contribution in [2.45, 2.75) is 6.92 Å². The van der Waals surface area contributed by atoms with E-state index in [4.69, 9.17) is 0 Å². The molecule has 2 amide bonds. The van der Waals surface area contributed by atoms with Crippen molar-refractivity contribution in [1.29, 1.82) is 0 Å². The van der Waals surface area contributed by atoms with E-state index >= 15 is 0 Å². The molecule has 0 aliphatic heterocycles. The Kier molecular flexibility index (Phi) is 3.85. The van der Waals surface area contributed by atoms with Crippen LogP contribution in [0.25, 0.3) is 10.9 Å². The average Bonchev–Trinajstić information content (AvgIpc) is 2.89. The number of amides is 2. The molecular formula is C18H17N3O2. The first kappa shape index (κ1) is 14.8. The Bertz CT molecular complexity index is 882. The highest BCUT2D eigenvalue weighted by atomic mass is 16.2. The maximum atomic E-state index is 12.3. The first-order valence-electron chi connectivity index (χ1n) is 7.28. The first-order valence-corrected chi connectivity index (χ1v) is 7.28. The van der Waals surface area contributed by atoms with E-state index in [9.17, 15) is 9.59 Å². The summed E-state index contributed by atoms with van der Waals surface area (Å²) in [7, 11) is 1.82. The molecule has 0 atom stereocenters. The van der Waals surface area contributed by atoms with Crippen LogP contribution in [0.15, 0.2) is 54.6 Å². The number of hydrogen-bond donors (Lipinski definition) is 2. The van der Waals surface area contributed by atoms with Gasteiger partial charge in [-0.25, -0.2) is 0 Å². The molecule has 3 rings (SSSR count). The predicted octanol–water partition coefficient (Wildman–Crippen LogP) is 2.56. The summed E-state index contributed by atoms with van der Waals surface area (Å²) >= 11 is 0. The summed E-state index contributed by atoms with van der Waals surface area (Å²) in [6, 6.07) is 16.5. The minimum atomic E-state index is -0.356. The summed E-state index contributed by atoms with van der Waals surface area (Å²) < 4.78 is 1.80. The Morgan fingerprint density at radius 3 is 2.35 bits per heavy atom. The topological polar surface area (TPSA) is 63.1 Å². The van der Waals surface area contributed by atoms with Crippen LogP contribution in [0.3, 0.4) is 0 Å². The van der Waals surface area contributed by atoms with Gasteiger partial charge >= 0.3 is 0 Å². The lowest BCUT2D eigenvalue weighted by Crippen LogP contribution is -2.42. The number of fused-ring (bicyclic) bond motifs is 1. The quantitative estimate of drug-likeness (QED) is 0.715. The predicted molar refractivity (Wildman–Crippen MR) is 89.0 cm³/mol. The third kappa shape index (κ3) is 2.94. The van der Waals surface area contributed by atoms with Crippen LogP contribution in [0.5, 0.6) is 0 Å². The number of carbonyl (C=O) groups excluding carboxylic acids is 2. The maximum Gasteiger partial charge on any atom is 0.286 e. The summed E-state index contributed by atoms with van der Waals surface area (Å²) in [4.78, 5) is 24.3. The molecule has 0 saturated heterocycles. The zero-order valence-corrected chi connectivity index (χ0v) is 13.0. The number of aryl methyl sites for hydroxylation is 2. The number of nitrogens with zero attached hydrogens (tertiary/aromatic N) is 1. The lowest BCUT2D eigenvalue weighted by atomic mass is 10.2. The van der Waals surface area contributed by atoms with Gasteiger partial charge in [-0.1, -0.05) is 29.8 Å². The number of nitrogens with one attached hydrogen (secondary N) is 2. The zero-order valence-electron chi connectivity index (χ0n) is 13.0. The van der Waals surface area contributed by atoms with E-state index in [-0.39, 0.29) is 11.8 Å². The van der Waals surface area contributed by atoms with Gasteiger partial charge in [-0.05, 0) is 37.3 Å². The number of carbonyl (C=O) groups is 2. The molecule has 2 aromatic carbocycles. The van der Waals surface area contributed by atoms with Gasteiger partial charge in [-0.2, -0.15) is 0 Å². The van der Waals surface area contributed by atoms with Gasteiger partial charge in [0.15, 0.2) is 0 Å². The number of benzene rings is 2. The van der Waals surface area contributed by atoms with Crippen molar-refractivity contribution in [1.82, 2.24) is 15.4 Å². The average molecular weight is 307 g/mol. The molecular weight excluding hydrogens is 290 g/mol. The molecule has 0 aliphatic carbocycles. The lowest BCUT2D eigenvalue weighted by Gasteiger charge is -2.08. The molecule has 3 aromatic rings. The minimum Gasteiger partial charge on any atom is -0.340 e. The third-order valence-corrected chi connectivity index (χ3v) is 3.76. The highest BCUT2D eigenvalue weighted by Gasteiger charge is 2.14. The van der Waals surface area contributed by atoms with E-state index in [0.29, 0.717) is 11.3 Å². The third-order valence-electron chi connectivity index (χ3n) is 3.76. The van der Waals surface area contributed by atoms with Crippen molar-refractivity contribution < 1.29 is 9.59 Å². The maximum absolute atomic E-state index is 12.3. The SMILES string of the molecule is Cc1ccc2c(c1)cc(C(=O)NNC(=O)c1ccccc1)n2C. The van der Waals surface area contributed by atoms with Crippen LogP contribution in [0, 0.1) is 6.92 Å². The van der Waals surface area contributed by atoms with E-state index in [1.807, 2.05) is 44.3 Å². The van der Waals surface area contributed by atoms with Gasteiger partial charge in [-0.3, -0.25) is 20.4 Å². The molecule has 0 radical (unpaired) electrons. The number of hydrogen-bond acceptors (Lipinski definition) is 2. The van der Waals surface area contributed by atoms with Crippen molar-refractivity contribution in [3.63, 3.8) is 0 Å². The highest BCUT2D eigenvalue weighted by Crippen LogP contribution is 2.19. The Hall–Kier alpha value is -3.08. The summed E-state index contributed by atoms with van der Waals surface area (Å²) in [6.45, 7) is 2.01. The minimum absolute atomic E-state index is 0.353. The fourth-order valence-corrected chi connectivity index (χ4v) is 2.53. The molecule has 0 fully saturated rings. The van der Waals surface area contributed by atoms with Crippen molar-refractivity contribution in [3.05, 3.63) is 71.4 Å². The van der Waals surface area contributed by atoms with E-state index in [0.717, 1.165) is 16.5 Å². The van der Waals surface area contributed by atoms with Gasteiger partial charge in [0.2, 0.25) is 0 Å². The van der Waals surface area contributed by atoms with E-state index in [1.54, 1.807) is 28.8 Å². The normalized spacial score (nSPS) is 10.5. The van der Waals surface area contributed by atoms with E-state index in [1.165, 1.54) is 0 Å². The largest absolute Gasteiger partial charge is 0.340 e. The Balaban J connectivity index is 1.76. The van der Waals surface area contributed by atoms with Crippen LogP contribution >= 0.6 is 0 Å². The lowest BCUT2D eigenvalue weighted by molar-refractivity contribution is 0.0842. The van der Waals surface area contributed by atoms with Crippen LogP contribution < -0.4 is 10.9 Å². The molecule has 0 saturated carbocycles. The fraction of sp³-hybridized carbons (Fsp3) is 0.111. The monoisotopic (exact) mass is 307 g/mol. The van der Waals surface area contributed by atoms with Gasteiger partial charge in [0.1, 0.15) is 5.69 Å². The van der Waals surface area contributed by atoms with Gasteiger partial charge in [0.05, 0.1) is 0 Å². The molecule has 5 heteroatoms. The van der Waals surface area contributed by atoms with Gasteiger partial charge in [-0.15, -0.1) is 0 Å². The smallest absolute Gasteiger partial charge is 0.286 e. The van der Waals surface area contributed by atoms with Crippen LogP contribution in [0.2, 0.25) is 0 Å². The van der Waals surface area contributed by atoms with Gasteiger partial charge in [0.25, 0.3) is 11.8 Å². The van der Waals surface area contributed by atoms with Gasteiger partial charge < -0.3 is 4.57 Å². The van der Waals surface area contributed by atoms with Crippen molar-refractivity contribution in [2.24, 2.45) is 7.05 Å². The summed E-state index contributed by atoms with van der Waals surface area (Å²) in [5.41, 5.74) is 7.95. The number of rotatable bonds is 2. The van der Waals surface area contributed by atoms with E-state index < -0.39 is 0 Å². The van der Waals surface area contributed by atoms with Crippen molar-refractivity contribution >= 4 is 22.7 Å². The Morgan fingerprint density at radius 2 is 1.61 bits per heavy atom. The molecule has 2 N–H and O–H groups in total. The second-order valence-electron chi connectivity index (χ2n) is 5.43. The number of hydrazine groups is 1. The Labute approximate surface area is 133 Å². The summed E-state index contributed by atoms with van der Waals surface area (Å²) in [5.74, 6) is -0.709. The van der Waals surface area contributed by atoms with Crippen LogP contribution in [0.4, 0.5) is 0 Å². The Morgan fingerprint density at radius 1 is 0.913 bits per heavy atom. The number of aromatic nitrogens is 1. The molecule has 23 heavy (non-hydrogen) atoms. The molecule has 1 heterocycles. The second kappa shape index (κ2) is 5.96. The van der Waals surface area contributed by atoms with Crippen LogP contribution in [0.1, 0.15) is 26.4 Å². The van der Waals surface area contributed by atoms with Crippen molar-refractivity contribution in [3.8, 4) is 0 Å². The zero-order chi connectivity index (χ0) is 16.4. The van der Waals surface area contributed by atoms with Gasteiger partial charge in [0, 0.05) is 23.5 Å². The second-order valence-corrected chi connectivity index (χ2v) is 5.43. The summed E-state index contributed by atoms with van der Waals surface area (Å²) in [5, 5.41) is 0.993. The molecule has 0 aliphatic rings. The molecule has 116 valence electrons. The molecule has 0 bridgehead atoms. The standard InChI is InChI=1S/C18H17N3O2/c1-12-8-9-15-14(10-12)11-16(21(15)2)18(23)20-19-17(22)13-6-4-3-5-7-13/h3-11H,1-2H3,(H,19,22)(H,20,23). The highest BCUT2D eigenvalue weighted by molar-refractivity contribution is 6.01. The fourth-order valence-electron chi connectivity index (χ4n) is 2.53. The summed E-state index contributed by atoms with van der Waals surface area (Å²) in [6.07, 6.45) is 0. The van der Waals surface area contributed by atoms with E-state index in [2.05, 4.69) is 10.9 Å². The molecule has 0 spiro atoms. The molecule has 5 nitrogen and oxygen atoms in total. The molecule has 0 unspecified atom stereocenters. The first-order chi connectivity index (χ1) is 11.1.